The lowest BCUT2D eigenvalue weighted by Crippen LogP contribution is -3.13. The number of piperazine rings is 1. The lowest BCUT2D eigenvalue weighted by Gasteiger charge is -2.31. The molecular weight excluding hydrogens is 352 g/mol. The smallest absolute Gasteiger partial charge is 0.243 e. The van der Waals surface area contributed by atoms with Crippen molar-refractivity contribution in [2.24, 2.45) is 0 Å². The maximum atomic E-state index is 12.8. The fourth-order valence-electron chi connectivity index (χ4n) is 3.19. The molecule has 0 aliphatic carbocycles. The van der Waals surface area contributed by atoms with Crippen molar-refractivity contribution in [2.45, 2.75) is 11.4 Å². The summed E-state index contributed by atoms with van der Waals surface area (Å²) in [6.45, 7) is 3.48. The van der Waals surface area contributed by atoms with Gasteiger partial charge in [-0.1, -0.05) is 12.1 Å². The Morgan fingerprint density at radius 1 is 0.962 bits per heavy atom. The van der Waals surface area contributed by atoms with E-state index in [1.807, 2.05) is 18.2 Å². The highest BCUT2D eigenvalue weighted by molar-refractivity contribution is 7.89. The Morgan fingerprint density at radius 2 is 1.62 bits per heavy atom. The Labute approximate surface area is 155 Å². The van der Waals surface area contributed by atoms with Gasteiger partial charge in [0.05, 0.1) is 45.3 Å². The zero-order valence-electron chi connectivity index (χ0n) is 15.1. The molecule has 0 unspecified atom stereocenters. The molecule has 1 heterocycles. The molecule has 1 saturated heterocycles. The summed E-state index contributed by atoms with van der Waals surface area (Å²) in [5.74, 6) is 1.50. The Balaban J connectivity index is 1.61. The van der Waals surface area contributed by atoms with Crippen LogP contribution >= 0.6 is 0 Å². The summed E-state index contributed by atoms with van der Waals surface area (Å²) in [5.41, 5.74) is 1.20. The minimum absolute atomic E-state index is 0.314. The van der Waals surface area contributed by atoms with Crippen LogP contribution in [-0.4, -0.2) is 53.1 Å². The van der Waals surface area contributed by atoms with E-state index in [1.54, 1.807) is 42.8 Å². The first kappa shape index (κ1) is 18.7. The molecule has 0 bridgehead atoms. The van der Waals surface area contributed by atoms with Crippen LogP contribution in [0.2, 0.25) is 0 Å². The zero-order valence-corrected chi connectivity index (χ0v) is 16.0. The number of quaternary nitrogens is 1. The number of benzene rings is 2. The predicted octanol–water partition coefficient (Wildman–Crippen LogP) is 0.793. The van der Waals surface area contributed by atoms with Crippen LogP contribution in [-0.2, 0) is 16.6 Å². The van der Waals surface area contributed by atoms with Gasteiger partial charge in [-0.2, -0.15) is 4.31 Å². The molecule has 1 fully saturated rings. The van der Waals surface area contributed by atoms with Crippen molar-refractivity contribution in [3.05, 3.63) is 54.1 Å². The normalized spacial score (nSPS) is 16.4. The van der Waals surface area contributed by atoms with Crippen LogP contribution in [0.4, 0.5) is 0 Å². The molecule has 0 atom stereocenters. The Kier molecular flexibility index (Phi) is 5.80. The van der Waals surface area contributed by atoms with Gasteiger partial charge in [0.25, 0.3) is 0 Å². The van der Waals surface area contributed by atoms with Gasteiger partial charge in [0, 0.05) is 5.56 Å². The topological polar surface area (TPSA) is 60.3 Å². The van der Waals surface area contributed by atoms with Crippen LogP contribution in [0, 0.1) is 0 Å². The maximum Gasteiger partial charge on any atom is 0.243 e. The molecule has 26 heavy (non-hydrogen) atoms. The average Bonchev–Trinajstić information content (AvgIpc) is 2.68. The number of hydrogen-bond acceptors (Lipinski definition) is 4. The molecule has 0 saturated carbocycles. The largest absolute Gasteiger partial charge is 0.497 e. The third-order valence-corrected chi connectivity index (χ3v) is 6.63. The molecular formula is C19H25N2O4S+. The van der Waals surface area contributed by atoms with Crippen molar-refractivity contribution < 1.29 is 22.8 Å². The van der Waals surface area contributed by atoms with Crippen LogP contribution in [0.5, 0.6) is 11.5 Å². The number of sulfonamides is 1. The SMILES string of the molecule is COc1ccc(S(=O)(=O)N2CC[NH+](Cc3cccc(OC)c3)CC2)cc1. The second-order valence-corrected chi connectivity index (χ2v) is 8.30. The van der Waals surface area contributed by atoms with Crippen molar-refractivity contribution in [1.82, 2.24) is 4.31 Å². The fraction of sp³-hybridized carbons (Fsp3) is 0.368. The van der Waals surface area contributed by atoms with E-state index >= 15 is 0 Å². The van der Waals surface area contributed by atoms with Gasteiger partial charge < -0.3 is 14.4 Å². The molecule has 1 aliphatic heterocycles. The minimum Gasteiger partial charge on any atom is -0.497 e. The molecule has 0 spiro atoms. The number of ether oxygens (including phenoxy) is 2. The van der Waals surface area contributed by atoms with Gasteiger partial charge in [-0.25, -0.2) is 8.42 Å². The van der Waals surface area contributed by atoms with Crippen LogP contribution < -0.4 is 14.4 Å². The van der Waals surface area contributed by atoms with E-state index in [0.717, 1.165) is 25.4 Å². The quantitative estimate of drug-likeness (QED) is 0.809. The van der Waals surface area contributed by atoms with Crippen molar-refractivity contribution in [3.63, 3.8) is 0 Å². The van der Waals surface area contributed by atoms with Gasteiger partial charge in [-0.15, -0.1) is 0 Å². The predicted molar refractivity (Wildman–Crippen MR) is 99.1 cm³/mol. The molecule has 0 aromatic heterocycles. The number of rotatable bonds is 6. The van der Waals surface area contributed by atoms with E-state index in [0.29, 0.717) is 23.7 Å². The summed E-state index contributed by atoms with van der Waals surface area (Å²) in [6.07, 6.45) is 0. The molecule has 2 aromatic rings. The second kappa shape index (κ2) is 8.07. The molecule has 140 valence electrons. The van der Waals surface area contributed by atoms with Crippen molar-refractivity contribution in [1.29, 1.82) is 0 Å². The van der Waals surface area contributed by atoms with Gasteiger partial charge >= 0.3 is 0 Å². The lowest BCUT2D eigenvalue weighted by molar-refractivity contribution is -0.917. The summed E-state index contributed by atoms with van der Waals surface area (Å²) in [7, 11) is -0.225. The summed E-state index contributed by atoms with van der Waals surface area (Å²) in [4.78, 5) is 1.69. The van der Waals surface area contributed by atoms with Crippen LogP contribution in [0.3, 0.4) is 0 Å². The first-order valence-electron chi connectivity index (χ1n) is 8.63. The lowest BCUT2D eigenvalue weighted by atomic mass is 10.2. The van der Waals surface area contributed by atoms with Crippen molar-refractivity contribution >= 4 is 10.0 Å². The van der Waals surface area contributed by atoms with Gasteiger partial charge in [-0.3, -0.25) is 0 Å². The van der Waals surface area contributed by atoms with E-state index in [1.165, 1.54) is 10.5 Å². The fourth-order valence-corrected chi connectivity index (χ4v) is 4.63. The minimum atomic E-state index is -3.45. The highest BCUT2D eigenvalue weighted by Gasteiger charge is 2.30. The Hall–Kier alpha value is -2.09. The zero-order chi connectivity index (χ0) is 18.6. The van der Waals surface area contributed by atoms with Crippen LogP contribution in [0.1, 0.15) is 5.56 Å². The number of nitrogens with zero attached hydrogens (tertiary/aromatic N) is 1. The molecule has 2 aromatic carbocycles. The molecule has 1 aliphatic rings. The van der Waals surface area contributed by atoms with Gasteiger partial charge in [0.15, 0.2) is 0 Å². The van der Waals surface area contributed by atoms with E-state index in [2.05, 4.69) is 6.07 Å². The highest BCUT2D eigenvalue weighted by Crippen LogP contribution is 2.19. The number of methoxy groups -OCH3 is 2. The molecule has 3 rings (SSSR count). The molecule has 1 N–H and O–H groups in total. The standard InChI is InChI=1S/C19H24N2O4S/c1-24-17-6-8-19(9-7-17)26(22,23)21-12-10-20(11-13-21)15-16-4-3-5-18(14-16)25-2/h3-9,14H,10-13,15H2,1-2H3/p+1. The van der Waals surface area contributed by atoms with E-state index in [-0.39, 0.29) is 0 Å². The first-order chi connectivity index (χ1) is 12.5. The Bertz CT molecular complexity index is 829. The number of hydrogen-bond donors (Lipinski definition) is 1. The van der Waals surface area contributed by atoms with E-state index in [9.17, 15) is 8.42 Å². The second-order valence-electron chi connectivity index (χ2n) is 6.36. The average molecular weight is 377 g/mol. The monoisotopic (exact) mass is 377 g/mol. The highest BCUT2D eigenvalue weighted by atomic mass is 32.2. The van der Waals surface area contributed by atoms with E-state index in [4.69, 9.17) is 9.47 Å². The summed E-state index contributed by atoms with van der Waals surface area (Å²) < 4.78 is 37.5. The summed E-state index contributed by atoms with van der Waals surface area (Å²) in [5, 5.41) is 0. The summed E-state index contributed by atoms with van der Waals surface area (Å²) >= 11 is 0. The van der Waals surface area contributed by atoms with Gasteiger partial charge in [0.1, 0.15) is 18.0 Å². The van der Waals surface area contributed by atoms with Gasteiger partial charge in [-0.05, 0) is 36.4 Å². The van der Waals surface area contributed by atoms with E-state index < -0.39 is 10.0 Å². The third-order valence-electron chi connectivity index (χ3n) is 4.72. The first-order valence-corrected chi connectivity index (χ1v) is 10.1. The molecule has 7 heteroatoms. The van der Waals surface area contributed by atoms with Crippen LogP contribution in [0.15, 0.2) is 53.4 Å². The molecule has 0 radical (unpaired) electrons. The van der Waals surface area contributed by atoms with Crippen LogP contribution in [0.25, 0.3) is 0 Å². The maximum absolute atomic E-state index is 12.8. The molecule has 0 amide bonds. The van der Waals surface area contributed by atoms with Crippen molar-refractivity contribution in [3.8, 4) is 11.5 Å². The number of nitrogens with one attached hydrogen (secondary N) is 1. The Morgan fingerprint density at radius 3 is 2.23 bits per heavy atom. The molecule has 6 nitrogen and oxygen atoms in total. The van der Waals surface area contributed by atoms with Crippen molar-refractivity contribution in [2.75, 3.05) is 40.4 Å². The summed E-state index contributed by atoms with van der Waals surface area (Å²) in [6, 6.07) is 14.6. The van der Waals surface area contributed by atoms with Gasteiger partial charge in [0.2, 0.25) is 10.0 Å². The third kappa shape index (κ3) is 4.17.